The first-order valence-corrected chi connectivity index (χ1v) is 9.54. The molecule has 1 aliphatic rings. The van der Waals surface area contributed by atoms with Gasteiger partial charge in [0.1, 0.15) is 0 Å². The molecular formula is C19H23N3O3S. The fourth-order valence-corrected chi connectivity index (χ4v) is 4.02. The second-order valence-electron chi connectivity index (χ2n) is 6.72. The van der Waals surface area contributed by atoms with Gasteiger partial charge in [-0.2, -0.15) is 0 Å². The normalized spacial score (nSPS) is 15.1. The van der Waals surface area contributed by atoms with Gasteiger partial charge < -0.3 is 10.0 Å². The maximum Gasteiger partial charge on any atom is 0.323 e. The number of piperidine rings is 1. The summed E-state index contributed by atoms with van der Waals surface area (Å²) in [5.74, 6) is -1.12. The lowest BCUT2D eigenvalue weighted by Crippen LogP contribution is -2.42. The molecule has 1 aromatic heterocycles. The van der Waals surface area contributed by atoms with Gasteiger partial charge in [-0.1, -0.05) is 29.8 Å². The standard InChI is InChI=1S/C19H23N3O3S/c1-12-3-5-14(6-4-12)11-16-13(2)20-18(26-16)21-19(25)22-9-7-15(8-10-22)17(23)24/h3-6,15H,7-11H2,1-2H3,(H,23,24)(H,20,21,25). The Balaban J connectivity index is 1.59. The number of hydrogen-bond acceptors (Lipinski definition) is 4. The van der Waals surface area contributed by atoms with E-state index in [1.165, 1.54) is 22.5 Å². The highest BCUT2D eigenvalue weighted by molar-refractivity contribution is 7.15. The van der Waals surface area contributed by atoms with Crippen LogP contribution in [0.1, 0.15) is 34.5 Å². The van der Waals surface area contributed by atoms with E-state index in [9.17, 15) is 9.59 Å². The van der Waals surface area contributed by atoms with Crippen LogP contribution >= 0.6 is 11.3 Å². The Morgan fingerprint density at radius 2 is 1.88 bits per heavy atom. The number of benzene rings is 1. The summed E-state index contributed by atoms with van der Waals surface area (Å²) in [7, 11) is 0. The van der Waals surface area contributed by atoms with E-state index in [1.807, 2.05) is 6.92 Å². The minimum Gasteiger partial charge on any atom is -0.481 e. The number of nitrogens with zero attached hydrogens (tertiary/aromatic N) is 2. The second kappa shape index (κ2) is 7.86. The van der Waals surface area contributed by atoms with Gasteiger partial charge in [-0.05, 0) is 32.3 Å². The molecule has 0 radical (unpaired) electrons. The van der Waals surface area contributed by atoms with Gasteiger partial charge in [0.05, 0.1) is 11.6 Å². The number of carboxylic acids is 1. The molecule has 1 saturated heterocycles. The number of aromatic nitrogens is 1. The summed E-state index contributed by atoms with van der Waals surface area (Å²) < 4.78 is 0. The Labute approximate surface area is 156 Å². The lowest BCUT2D eigenvalue weighted by Gasteiger charge is -2.29. The van der Waals surface area contributed by atoms with Crippen molar-refractivity contribution in [2.24, 2.45) is 5.92 Å². The number of carboxylic acid groups (broad SMARTS) is 1. The molecule has 0 spiro atoms. The number of carbonyl (C=O) groups is 2. The molecule has 2 amide bonds. The first-order valence-electron chi connectivity index (χ1n) is 8.73. The van der Waals surface area contributed by atoms with Crippen molar-refractivity contribution < 1.29 is 14.7 Å². The van der Waals surface area contributed by atoms with Crippen molar-refractivity contribution in [3.05, 3.63) is 46.0 Å². The molecule has 3 rings (SSSR count). The van der Waals surface area contributed by atoms with Crippen LogP contribution in [0.15, 0.2) is 24.3 Å². The summed E-state index contributed by atoms with van der Waals surface area (Å²) in [4.78, 5) is 30.7. The SMILES string of the molecule is Cc1ccc(Cc2sc(NC(=O)N3CCC(C(=O)O)CC3)nc2C)cc1. The number of rotatable bonds is 4. The molecule has 2 N–H and O–H groups in total. The molecule has 0 unspecified atom stereocenters. The Morgan fingerprint density at radius 1 is 1.23 bits per heavy atom. The van der Waals surface area contributed by atoms with Gasteiger partial charge in [-0.15, -0.1) is 11.3 Å². The lowest BCUT2D eigenvalue weighted by atomic mass is 9.97. The van der Waals surface area contributed by atoms with Gasteiger partial charge >= 0.3 is 12.0 Å². The summed E-state index contributed by atoms with van der Waals surface area (Å²) in [6.07, 6.45) is 1.79. The highest BCUT2D eigenvalue weighted by Crippen LogP contribution is 2.26. The highest BCUT2D eigenvalue weighted by atomic mass is 32.1. The molecule has 0 bridgehead atoms. The van der Waals surface area contributed by atoms with E-state index in [1.54, 1.807) is 4.90 Å². The van der Waals surface area contributed by atoms with Gasteiger partial charge in [0.15, 0.2) is 5.13 Å². The lowest BCUT2D eigenvalue weighted by molar-refractivity contribution is -0.143. The van der Waals surface area contributed by atoms with Gasteiger partial charge in [-0.3, -0.25) is 10.1 Å². The number of amides is 2. The fraction of sp³-hybridized carbons (Fsp3) is 0.421. The van der Waals surface area contributed by atoms with Crippen LogP contribution in [0, 0.1) is 19.8 Å². The first kappa shape index (κ1) is 18.4. The Morgan fingerprint density at radius 3 is 2.50 bits per heavy atom. The molecule has 26 heavy (non-hydrogen) atoms. The number of urea groups is 1. The van der Waals surface area contributed by atoms with E-state index >= 15 is 0 Å². The van der Waals surface area contributed by atoms with Crippen molar-refractivity contribution in [2.75, 3.05) is 18.4 Å². The number of aliphatic carboxylic acids is 1. The van der Waals surface area contributed by atoms with E-state index in [0.717, 1.165) is 17.0 Å². The summed E-state index contributed by atoms with van der Waals surface area (Å²) in [6, 6.07) is 8.20. The maximum atomic E-state index is 12.4. The van der Waals surface area contributed by atoms with E-state index < -0.39 is 5.97 Å². The molecule has 2 heterocycles. The van der Waals surface area contributed by atoms with E-state index in [0.29, 0.717) is 31.1 Å². The Bertz CT molecular complexity index is 793. The summed E-state index contributed by atoms with van der Waals surface area (Å²) in [6.45, 7) is 4.94. The van der Waals surface area contributed by atoms with Gasteiger partial charge in [0.2, 0.25) is 0 Å². The number of thiazole rings is 1. The van der Waals surface area contributed by atoms with Crippen LogP contribution in [-0.4, -0.2) is 40.1 Å². The van der Waals surface area contributed by atoms with Crippen molar-refractivity contribution in [3.8, 4) is 0 Å². The van der Waals surface area contributed by atoms with Crippen LogP contribution in [0.3, 0.4) is 0 Å². The number of hydrogen-bond donors (Lipinski definition) is 2. The number of carbonyl (C=O) groups excluding carboxylic acids is 1. The van der Waals surface area contributed by atoms with Crippen molar-refractivity contribution in [1.29, 1.82) is 0 Å². The highest BCUT2D eigenvalue weighted by Gasteiger charge is 2.27. The van der Waals surface area contributed by atoms with Gasteiger partial charge in [0.25, 0.3) is 0 Å². The molecular weight excluding hydrogens is 350 g/mol. The van der Waals surface area contributed by atoms with Crippen LogP contribution in [-0.2, 0) is 11.2 Å². The quantitative estimate of drug-likeness (QED) is 0.856. The van der Waals surface area contributed by atoms with E-state index in [-0.39, 0.29) is 11.9 Å². The molecule has 1 fully saturated rings. The molecule has 0 aliphatic carbocycles. The Hall–Kier alpha value is -2.41. The Kier molecular flexibility index (Phi) is 5.56. The molecule has 0 atom stereocenters. The minimum absolute atomic E-state index is 0.204. The van der Waals surface area contributed by atoms with Crippen LogP contribution in [0.2, 0.25) is 0 Å². The van der Waals surface area contributed by atoms with Gasteiger partial charge in [0, 0.05) is 24.4 Å². The van der Waals surface area contributed by atoms with Crippen LogP contribution in [0.5, 0.6) is 0 Å². The molecule has 2 aromatic rings. The zero-order chi connectivity index (χ0) is 18.7. The van der Waals surface area contributed by atoms with Crippen molar-refractivity contribution in [3.63, 3.8) is 0 Å². The van der Waals surface area contributed by atoms with E-state index in [4.69, 9.17) is 5.11 Å². The van der Waals surface area contributed by atoms with Crippen LogP contribution in [0.25, 0.3) is 0 Å². The second-order valence-corrected chi connectivity index (χ2v) is 7.80. The molecule has 6 nitrogen and oxygen atoms in total. The van der Waals surface area contributed by atoms with Crippen molar-refractivity contribution in [2.45, 2.75) is 33.1 Å². The predicted octanol–water partition coefficient (Wildman–Crippen LogP) is 3.68. The fourth-order valence-electron chi connectivity index (χ4n) is 3.04. The molecule has 0 saturated carbocycles. The van der Waals surface area contributed by atoms with Crippen LogP contribution < -0.4 is 5.32 Å². The van der Waals surface area contributed by atoms with Gasteiger partial charge in [-0.25, -0.2) is 9.78 Å². The summed E-state index contributed by atoms with van der Waals surface area (Å²) in [5, 5.41) is 12.5. The summed E-state index contributed by atoms with van der Waals surface area (Å²) in [5.41, 5.74) is 3.38. The molecule has 7 heteroatoms. The number of aryl methyl sites for hydroxylation is 2. The number of likely N-dealkylation sites (tertiary alicyclic amines) is 1. The summed E-state index contributed by atoms with van der Waals surface area (Å²) >= 11 is 1.49. The van der Waals surface area contributed by atoms with Crippen molar-refractivity contribution in [1.82, 2.24) is 9.88 Å². The van der Waals surface area contributed by atoms with Crippen LogP contribution in [0.4, 0.5) is 9.93 Å². The van der Waals surface area contributed by atoms with Crippen molar-refractivity contribution >= 4 is 28.5 Å². The third-order valence-electron chi connectivity index (χ3n) is 4.72. The molecule has 1 aromatic carbocycles. The first-order chi connectivity index (χ1) is 12.4. The average Bonchev–Trinajstić information content (AvgIpc) is 2.96. The largest absolute Gasteiger partial charge is 0.481 e. The topological polar surface area (TPSA) is 82.5 Å². The zero-order valence-electron chi connectivity index (χ0n) is 15.0. The van der Waals surface area contributed by atoms with E-state index in [2.05, 4.69) is 41.5 Å². The predicted molar refractivity (Wildman–Crippen MR) is 102 cm³/mol. The maximum absolute atomic E-state index is 12.4. The number of nitrogens with one attached hydrogen (secondary N) is 1. The minimum atomic E-state index is -0.777. The third-order valence-corrected chi connectivity index (χ3v) is 5.80. The third kappa shape index (κ3) is 4.40. The average molecular weight is 373 g/mol. The zero-order valence-corrected chi connectivity index (χ0v) is 15.8. The molecule has 138 valence electrons. The smallest absolute Gasteiger partial charge is 0.323 e. The molecule has 1 aliphatic heterocycles. The monoisotopic (exact) mass is 373 g/mol. The number of anilines is 1.